The second kappa shape index (κ2) is 4.70. The van der Waals surface area contributed by atoms with E-state index >= 15 is 0 Å². The van der Waals surface area contributed by atoms with Crippen LogP contribution < -0.4 is 5.32 Å². The van der Waals surface area contributed by atoms with Gasteiger partial charge in [-0.25, -0.2) is 0 Å². The normalized spacial score (nSPS) is 29.8. The second-order valence-corrected chi connectivity index (χ2v) is 7.29. The lowest BCUT2D eigenvalue weighted by atomic mass is 9.76. The van der Waals surface area contributed by atoms with E-state index in [1.807, 2.05) is 0 Å². The number of nitrogens with one attached hydrogen (secondary N) is 1. The van der Waals surface area contributed by atoms with Gasteiger partial charge in [0, 0.05) is 25.2 Å². The molecule has 1 saturated heterocycles. The summed E-state index contributed by atoms with van der Waals surface area (Å²) in [5, 5.41) is 14.7. The van der Waals surface area contributed by atoms with Gasteiger partial charge in [-0.15, -0.1) is 10.2 Å². The largest absolute Gasteiger partial charge is 0.381 e. The summed E-state index contributed by atoms with van der Waals surface area (Å²) in [5.41, 5.74) is 0.462. The highest BCUT2D eigenvalue weighted by atomic mass is 32.1. The van der Waals surface area contributed by atoms with Crippen molar-refractivity contribution in [1.29, 1.82) is 0 Å². The number of hydrogen-bond donors (Lipinski definition) is 1. The summed E-state index contributed by atoms with van der Waals surface area (Å²) in [6.07, 6.45) is 8.99. The Kier molecular flexibility index (Phi) is 2.99. The minimum atomic E-state index is 0.462. The molecular weight excluding hydrogens is 258 g/mol. The number of ether oxygens (including phenoxy) is 1. The first-order chi connectivity index (χ1) is 9.36. The summed E-state index contributed by atoms with van der Waals surface area (Å²) in [4.78, 5) is 0. The topological polar surface area (TPSA) is 47.0 Å². The van der Waals surface area contributed by atoms with E-state index in [-0.39, 0.29) is 0 Å². The van der Waals surface area contributed by atoms with Crippen molar-refractivity contribution in [1.82, 2.24) is 10.2 Å². The zero-order valence-electron chi connectivity index (χ0n) is 11.2. The lowest BCUT2D eigenvalue weighted by molar-refractivity contribution is 0.0134. The Balaban J connectivity index is 1.47. The maximum atomic E-state index is 5.55. The van der Waals surface area contributed by atoms with Crippen LogP contribution >= 0.6 is 11.3 Å². The van der Waals surface area contributed by atoms with E-state index in [1.54, 1.807) is 11.3 Å². The molecule has 1 atom stereocenters. The lowest BCUT2D eigenvalue weighted by Gasteiger charge is -2.39. The fourth-order valence-electron chi connectivity index (χ4n) is 3.68. The first-order valence-corrected chi connectivity index (χ1v) is 8.35. The Morgan fingerprint density at radius 2 is 1.95 bits per heavy atom. The molecule has 19 heavy (non-hydrogen) atoms. The van der Waals surface area contributed by atoms with E-state index in [0.717, 1.165) is 18.3 Å². The molecule has 4 nitrogen and oxygen atoms in total. The highest BCUT2D eigenvalue weighted by molar-refractivity contribution is 7.15. The van der Waals surface area contributed by atoms with Crippen molar-refractivity contribution >= 4 is 16.5 Å². The third kappa shape index (κ3) is 2.27. The van der Waals surface area contributed by atoms with Gasteiger partial charge in [-0.1, -0.05) is 17.8 Å². The number of rotatable bonds is 3. The van der Waals surface area contributed by atoms with E-state index in [2.05, 4.69) is 15.5 Å². The molecule has 0 radical (unpaired) electrons. The molecule has 3 aliphatic rings. The lowest BCUT2D eigenvalue weighted by Crippen LogP contribution is -2.40. The van der Waals surface area contributed by atoms with Crippen LogP contribution in [0.1, 0.15) is 55.9 Å². The van der Waals surface area contributed by atoms with Gasteiger partial charge in [0.05, 0.1) is 0 Å². The maximum Gasteiger partial charge on any atom is 0.205 e. The molecule has 2 aliphatic carbocycles. The smallest absolute Gasteiger partial charge is 0.205 e. The van der Waals surface area contributed by atoms with Crippen LogP contribution in [0.15, 0.2) is 0 Å². The molecule has 0 aromatic carbocycles. The van der Waals surface area contributed by atoms with Gasteiger partial charge in [-0.2, -0.15) is 0 Å². The van der Waals surface area contributed by atoms with Crippen LogP contribution in [0.3, 0.4) is 0 Å². The molecule has 0 bridgehead atoms. The van der Waals surface area contributed by atoms with Crippen molar-refractivity contribution in [3.63, 3.8) is 0 Å². The van der Waals surface area contributed by atoms with Crippen molar-refractivity contribution in [3.05, 3.63) is 5.01 Å². The Hall–Kier alpha value is -0.680. The summed E-state index contributed by atoms with van der Waals surface area (Å²) in [6.45, 7) is 1.86. The molecule has 4 rings (SSSR count). The van der Waals surface area contributed by atoms with Gasteiger partial charge in [0.25, 0.3) is 0 Å². The summed E-state index contributed by atoms with van der Waals surface area (Å²) in [5.74, 6) is 0.716. The van der Waals surface area contributed by atoms with Gasteiger partial charge in [-0.05, 0) is 43.9 Å². The van der Waals surface area contributed by atoms with Crippen molar-refractivity contribution in [3.8, 4) is 0 Å². The van der Waals surface area contributed by atoms with Crippen LogP contribution in [0.25, 0.3) is 0 Å². The molecule has 2 heterocycles. The fourth-order valence-corrected chi connectivity index (χ4v) is 4.64. The Morgan fingerprint density at radius 3 is 2.74 bits per heavy atom. The molecule has 1 spiro atoms. The van der Waals surface area contributed by atoms with Gasteiger partial charge in [-0.3, -0.25) is 0 Å². The van der Waals surface area contributed by atoms with E-state index < -0.39 is 0 Å². The van der Waals surface area contributed by atoms with E-state index in [4.69, 9.17) is 4.74 Å². The molecule has 3 fully saturated rings. The summed E-state index contributed by atoms with van der Waals surface area (Å²) in [6, 6.07) is 0.580. The molecule has 2 saturated carbocycles. The molecule has 104 valence electrons. The average Bonchev–Trinajstić information content (AvgIpc) is 3.09. The minimum absolute atomic E-state index is 0.462. The zero-order valence-corrected chi connectivity index (χ0v) is 12.0. The maximum absolute atomic E-state index is 5.55. The van der Waals surface area contributed by atoms with E-state index in [0.29, 0.717) is 17.4 Å². The summed E-state index contributed by atoms with van der Waals surface area (Å²) >= 11 is 1.77. The molecule has 1 aliphatic heterocycles. The Labute approximate surface area is 118 Å². The third-order valence-electron chi connectivity index (χ3n) is 5.06. The minimum Gasteiger partial charge on any atom is -0.381 e. The molecule has 1 aromatic rings. The van der Waals surface area contributed by atoms with Crippen LogP contribution in [0, 0.1) is 5.41 Å². The van der Waals surface area contributed by atoms with Gasteiger partial charge in [0.15, 0.2) is 0 Å². The molecule has 0 unspecified atom stereocenters. The standard InChI is InChI=1S/C14H21N3OS/c1-2-11(14(5-1)6-8-18-9-7-14)15-13-17-16-12(19-13)10-3-4-10/h10-11H,1-9H2,(H,15,17)/t11-/m1/s1. The average molecular weight is 279 g/mol. The molecular formula is C14H21N3OS. The van der Waals surface area contributed by atoms with E-state index in [1.165, 1.54) is 50.0 Å². The number of hydrogen-bond acceptors (Lipinski definition) is 5. The van der Waals surface area contributed by atoms with Crippen molar-refractivity contribution < 1.29 is 4.74 Å². The van der Waals surface area contributed by atoms with Crippen LogP contribution in [-0.4, -0.2) is 29.5 Å². The highest BCUT2D eigenvalue weighted by Crippen LogP contribution is 2.48. The summed E-state index contributed by atoms with van der Waals surface area (Å²) in [7, 11) is 0. The van der Waals surface area contributed by atoms with Crippen molar-refractivity contribution in [2.45, 2.75) is 56.9 Å². The summed E-state index contributed by atoms with van der Waals surface area (Å²) < 4.78 is 5.55. The predicted molar refractivity (Wildman–Crippen MR) is 75.6 cm³/mol. The van der Waals surface area contributed by atoms with Crippen LogP contribution in [0.2, 0.25) is 0 Å². The first kappa shape index (κ1) is 12.1. The molecule has 1 N–H and O–H groups in total. The highest BCUT2D eigenvalue weighted by Gasteiger charge is 2.44. The SMILES string of the molecule is C1C[C@@H](Nc2nnc(C3CC3)s2)C2(C1)CCOCC2. The quantitative estimate of drug-likeness (QED) is 0.923. The monoisotopic (exact) mass is 279 g/mol. The zero-order chi connectivity index (χ0) is 12.7. The van der Waals surface area contributed by atoms with Gasteiger partial charge in [0.2, 0.25) is 5.13 Å². The van der Waals surface area contributed by atoms with Gasteiger partial charge in [0.1, 0.15) is 5.01 Å². The molecule has 1 aromatic heterocycles. The first-order valence-electron chi connectivity index (χ1n) is 7.53. The van der Waals surface area contributed by atoms with Crippen LogP contribution in [0.5, 0.6) is 0 Å². The third-order valence-corrected chi connectivity index (χ3v) is 6.08. The van der Waals surface area contributed by atoms with Crippen LogP contribution in [0.4, 0.5) is 5.13 Å². The van der Waals surface area contributed by atoms with Gasteiger partial charge >= 0.3 is 0 Å². The Bertz CT molecular complexity index is 451. The molecule has 0 amide bonds. The fraction of sp³-hybridized carbons (Fsp3) is 0.857. The van der Waals surface area contributed by atoms with Crippen molar-refractivity contribution in [2.75, 3.05) is 18.5 Å². The second-order valence-electron chi connectivity index (χ2n) is 6.28. The predicted octanol–water partition coefficient (Wildman–Crippen LogP) is 3.18. The Morgan fingerprint density at radius 1 is 1.11 bits per heavy atom. The number of aromatic nitrogens is 2. The van der Waals surface area contributed by atoms with E-state index in [9.17, 15) is 0 Å². The van der Waals surface area contributed by atoms with Crippen LogP contribution in [-0.2, 0) is 4.74 Å². The molecule has 5 heteroatoms. The van der Waals surface area contributed by atoms with Gasteiger partial charge < -0.3 is 10.1 Å². The number of anilines is 1. The number of nitrogens with zero attached hydrogens (tertiary/aromatic N) is 2. The van der Waals surface area contributed by atoms with Crippen molar-refractivity contribution in [2.24, 2.45) is 5.41 Å².